The Balaban J connectivity index is 2.34. The van der Waals surface area contributed by atoms with Crippen molar-refractivity contribution in [1.82, 2.24) is 0 Å². The Bertz CT molecular complexity index is 461. The van der Waals surface area contributed by atoms with Crippen LogP contribution >= 0.6 is 22.6 Å². The summed E-state index contributed by atoms with van der Waals surface area (Å²) in [5.41, 5.74) is 0.433. The second kappa shape index (κ2) is 7.44. The molecule has 2 aliphatic carbocycles. The van der Waals surface area contributed by atoms with Gasteiger partial charge >= 0.3 is 5.97 Å². The van der Waals surface area contributed by atoms with Crippen LogP contribution in [0, 0.1) is 28.6 Å². The molecule has 0 unspecified atom stereocenters. The molecule has 0 amide bonds. The van der Waals surface area contributed by atoms with Crippen molar-refractivity contribution < 1.29 is 9.53 Å². The summed E-state index contributed by atoms with van der Waals surface area (Å²) in [6.07, 6.45) is 8.61. The minimum Gasteiger partial charge on any atom is -0.459 e. The highest BCUT2D eigenvalue weighted by Gasteiger charge is 2.59. The number of rotatable bonds is 5. The van der Waals surface area contributed by atoms with E-state index in [1.54, 1.807) is 6.92 Å². The van der Waals surface area contributed by atoms with Gasteiger partial charge in [-0.15, -0.1) is 0 Å². The molecule has 2 rings (SSSR count). The predicted octanol–water partition coefficient (Wildman–Crippen LogP) is 6.40. The summed E-state index contributed by atoms with van der Waals surface area (Å²) in [7, 11) is 0. The highest BCUT2D eigenvalue weighted by molar-refractivity contribution is 14.1. The number of alkyl halides is 1. The van der Waals surface area contributed by atoms with E-state index in [-0.39, 0.29) is 11.6 Å². The number of halogens is 1. The second-order valence-corrected chi connectivity index (χ2v) is 10.6. The average Bonchev–Trinajstić information content (AvgIpc) is 2.44. The zero-order valence-electron chi connectivity index (χ0n) is 16.6. The Morgan fingerprint density at radius 1 is 1.21 bits per heavy atom. The van der Waals surface area contributed by atoms with Gasteiger partial charge in [0, 0.05) is 17.3 Å². The smallest absolute Gasteiger partial charge is 0.303 e. The lowest BCUT2D eigenvalue weighted by Crippen LogP contribution is -2.58. The fourth-order valence-corrected chi connectivity index (χ4v) is 6.66. The lowest BCUT2D eigenvalue weighted by molar-refractivity contribution is -0.199. The SMILES string of the molecule is CC(=O)O[C@]1(C)CC[C@H]2C(C)(C)CCC[C@]2(C)[C@H]1CC[C@H](C)CI. The van der Waals surface area contributed by atoms with E-state index in [0.29, 0.717) is 16.7 Å². The van der Waals surface area contributed by atoms with E-state index in [0.717, 1.165) is 18.3 Å². The minimum absolute atomic E-state index is 0.110. The van der Waals surface area contributed by atoms with Gasteiger partial charge in [-0.3, -0.25) is 4.79 Å². The molecule has 2 saturated carbocycles. The van der Waals surface area contributed by atoms with Crippen LogP contribution in [0.3, 0.4) is 0 Å². The van der Waals surface area contributed by atoms with Crippen LogP contribution in [-0.2, 0) is 9.53 Å². The van der Waals surface area contributed by atoms with Crippen molar-refractivity contribution in [3.63, 3.8) is 0 Å². The molecule has 0 N–H and O–H groups in total. The highest BCUT2D eigenvalue weighted by Crippen LogP contribution is 2.63. The van der Waals surface area contributed by atoms with Crippen molar-refractivity contribution >= 4 is 28.6 Å². The standard InChI is InChI=1S/C21H37IO2/c1-15(14-22)8-9-18-20(5)12-7-11-19(3,4)17(20)10-13-21(18,6)24-16(2)23/h15,17-18H,7-14H2,1-6H3/t15-,17-,18+,20-,21+/m0/s1. The minimum atomic E-state index is -0.282. The Hall–Kier alpha value is 0.200. The van der Waals surface area contributed by atoms with Crippen molar-refractivity contribution in [2.24, 2.45) is 28.6 Å². The molecule has 2 nitrogen and oxygen atoms in total. The summed E-state index contributed by atoms with van der Waals surface area (Å²) >= 11 is 2.50. The van der Waals surface area contributed by atoms with Crippen LogP contribution in [0.25, 0.3) is 0 Å². The Kier molecular flexibility index (Phi) is 6.36. The molecule has 5 atom stereocenters. The maximum Gasteiger partial charge on any atom is 0.303 e. The fourth-order valence-electron chi connectivity index (χ4n) is 6.22. The van der Waals surface area contributed by atoms with Crippen LogP contribution in [0.15, 0.2) is 0 Å². The molecule has 0 aliphatic heterocycles. The van der Waals surface area contributed by atoms with Crippen LogP contribution in [0.1, 0.15) is 86.5 Å². The van der Waals surface area contributed by atoms with Crippen LogP contribution in [0.5, 0.6) is 0 Å². The van der Waals surface area contributed by atoms with Crippen molar-refractivity contribution in [2.45, 2.75) is 92.1 Å². The monoisotopic (exact) mass is 448 g/mol. The van der Waals surface area contributed by atoms with Gasteiger partial charge in [0.2, 0.25) is 0 Å². The van der Waals surface area contributed by atoms with Crippen LogP contribution in [0.4, 0.5) is 0 Å². The number of fused-ring (bicyclic) bond motifs is 1. The zero-order valence-corrected chi connectivity index (χ0v) is 18.7. The number of esters is 1. The Morgan fingerprint density at radius 2 is 1.88 bits per heavy atom. The van der Waals surface area contributed by atoms with E-state index < -0.39 is 0 Å². The molecule has 0 aromatic carbocycles. The topological polar surface area (TPSA) is 26.3 Å². The lowest BCUT2D eigenvalue weighted by atomic mass is 9.45. The normalized spacial score (nSPS) is 39.8. The second-order valence-electron chi connectivity index (χ2n) is 9.73. The largest absolute Gasteiger partial charge is 0.459 e. The molecule has 24 heavy (non-hydrogen) atoms. The zero-order chi connectivity index (χ0) is 18.2. The van der Waals surface area contributed by atoms with Gasteiger partial charge in [0.1, 0.15) is 5.60 Å². The molecule has 0 bridgehead atoms. The molecule has 140 valence electrons. The number of carbonyl (C=O) groups excluding carboxylic acids is 1. The molecule has 2 fully saturated rings. The maximum atomic E-state index is 11.8. The molecular formula is C21H37IO2. The summed E-state index contributed by atoms with van der Waals surface area (Å²) in [5.74, 6) is 1.87. The van der Waals surface area contributed by atoms with Crippen molar-refractivity contribution in [2.75, 3.05) is 4.43 Å². The van der Waals surface area contributed by atoms with Crippen molar-refractivity contribution in [1.29, 1.82) is 0 Å². The summed E-state index contributed by atoms with van der Waals surface area (Å²) < 4.78 is 7.21. The van der Waals surface area contributed by atoms with E-state index >= 15 is 0 Å². The van der Waals surface area contributed by atoms with Crippen molar-refractivity contribution in [3.8, 4) is 0 Å². The Labute approximate surface area is 163 Å². The molecule has 0 aromatic rings. The van der Waals surface area contributed by atoms with Crippen LogP contribution in [-0.4, -0.2) is 16.0 Å². The first kappa shape index (κ1) is 20.5. The number of carbonyl (C=O) groups is 1. The third-order valence-corrected chi connectivity index (χ3v) is 8.83. The summed E-state index contributed by atoms with van der Waals surface area (Å²) in [5, 5.41) is 0. The molecule has 0 heterocycles. The fraction of sp³-hybridized carbons (Fsp3) is 0.952. The van der Waals surface area contributed by atoms with Gasteiger partial charge in [-0.1, -0.05) is 56.7 Å². The summed E-state index contributed by atoms with van der Waals surface area (Å²) in [6.45, 7) is 13.6. The molecule has 0 aromatic heterocycles. The quantitative estimate of drug-likeness (QED) is 0.276. The van der Waals surface area contributed by atoms with E-state index in [9.17, 15) is 4.79 Å². The predicted molar refractivity (Wildman–Crippen MR) is 109 cm³/mol. The average molecular weight is 448 g/mol. The number of hydrogen-bond donors (Lipinski definition) is 0. The maximum absolute atomic E-state index is 11.8. The van der Waals surface area contributed by atoms with Gasteiger partial charge < -0.3 is 4.74 Å². The third-order valence-electron chi connectivity index (χ3n) is 7.33. The third kappa shape index (κ3) is 3.96. The van der Waals surface area contributed by atoms with Crippen LogP contribution < -0.4 is 0 Å². The van der Waals surface area contributed by atoms with E-state index in [1.807, 2.05) is 0 Å². The van der Waals surface area contributed by atoms with Crippen LogP contribution in [0.2, 0.25) is 0 Å². The number of hydrogen-bond acceptors (Lipinski definition) is 2. The van der Waals surface area contributed by atoms with Gasteiger partial charge in [-0.05, 0) is 68.1 Å². The van der Waals surface area contributed by atoms with E-state index in [4.69, 9.17) is 4.74 Å². The summed E-state index contributed by atoms with van der Waals surface area (Å²) in [4.78, 5) is 11.8. The van der Waals surface area contributed by atoms with Gasteiger partial charge in [0.05, 0.1) is 0 Å². The van der Waals surface area contributed by atoms with Gasteiger partial charge in [-0.2, -0.15) is 0 Å². The molecule has 0 saturated heterocycles. The van der Waals surface area contributed by atoms with Gasteiger partial charge in [-0.25, -0.2) is 0 Å². The lowest BCUT2D eigenvalue weighted by Gasteiger charge is -2.62. The molecule has 0 radical (unpaired) electrons. The molecule has 2 aliphatic rings. The van der Waals surface area contributed by atoms with Gasteiger partial charge in [0.25, 0.3) is 0 Å². The Morgan fingerprint density at radius 3 is 2.46 bits per heavy atom. The van der Waals surface area contributed by atoms with E-state index in [2.05, 4.69) is 57.2 Å². The summed E-state index contributed by atoms with van der Waals surface area (Å²) in [6, 6.07) is 0. The number of ether oxygens (including phenoxy) is 1. The van der Waals surface area contributed by atoms with Gasteiger partial charge in [0.15, 0.2) is 0 Å². The van der Waals surface area contributed by atoms with E-state index in [1.165, 1.54) is 43.0 Å². The highest BCUT2D eigenvalue weighted by atomic mass is 127. The first-order valence-corrected chi connectivity index (χ1v) is 11.3. The molecule has 3 heteroatoms. The molecular weight excluding hydrogens is 411 g/mol. The van der Waals surface area contributed by atoms with Crippen molar-refractivity contribution in [3.05, 3.63) is 0 Å². The molecule has 0 spiro atoms. The first-order chi connectivity index (χ1) is 11.0. The first-order valence-electron chi connectivity index (χ1n) is 9.81.